The minimum atomic E-state index is -0.737. The number of nitrogens with zero attached hydrogens (tertiary/aromatic N) is 1. The van der Waals surface area contributed by atoms with Crippen molar-refractivity contribution in [3.8, 4) is 5.75 Å². The first-order valence-electron chi connectivity index (χ1n) is 5.47. The number of carbonyl (C=O) groups is 2. The van der Waals surface area contributed by atoms with Crippen LogP contribution in [0.5, 0.6) is 5.75 Å². The minimum absolute atomic E-state index is 0.151. The summed E-state index contributed by atoms with van der Waals surface area (Å²) in [5, 5.41) is 9.13. The second-order valence-corrected chi connectivity index (χ2v) is 4.14. The maximum atomic E-state index is 11.8. The molecule has 0 saturated heterocycles. The first kappa shape index (κ1) is 14.0. The van der Waals surface area contributed by atoms with Gasteiger partial charge in [-0.05, 0) is 24.1 Å². The van der Waals surface area contributed by atoms with Gasteiger partial charge in [0.15, 0.2) is 0 Å². The Morgan fingerprint density at radius 1 is 1.33 bits per heavy atom. The lowest BCUT2D eigenvalue weighted by molar-refractivity contribution is -0.134. The third-order valence-electron chi connectivity index (χ3n) is 2.48. The zero-order valence-corrected chi connectivity index (χ0v) is 10.2. The Morgan fingerprint density at radius 3 is 2.39 bits per heavy atom. The standard InChI is InChI=1S/C12H17N3O3/c1-15(7-11(14)17)12(18)10(13)6-8-2-4-9(16)5-3-8/h2-5,10,16H,6-7,13H2,1H3,(H2,14,17)/t10-/m0/s1. The third kappa shape index (κ3) is 4.06. The molecule has 0 aliphatic heterocycles. The van der Waals surface area contributed by atoms with Crippen molar-refractivity contribution in [1.82, 2.24) is 4.90 Å². The summed E-state index contributed by atoms with van der Waals surface area (Å²) >= 11 is 0. The number of aromatic hydroxyl groups is 1. The molecule has 0 aliphatic rings. The Labute approximate surface area is 105 Å². The van der Waals surface area contributed by atoms with Crippen LogP contribution >= 0.6 is 0 Å². The van der Waals surface area contributed by atoms with Gasteiger partial charge in [-0.25, -0.2) is 0 Å². The number of amides is 2. The van der Waals surface area contributed by atoms with E-state index < -0.39 is 11.9 Å². The van der Waals surface area contributed by atoms with Crippen LogP contribution in [-0.2, 0) is 16.0 Å². The van der Waals surface area contributed by atoms with Gasteiger partial charge >= 0.3 is 0 Å². The van der Waals surface area contributed by atoms with E-state index >= 15 is 0 Å². The van der Waals surface area contributed by atoms with Crippen molar-refractivity contribution in [3.63, 3.8) is 0 Å². The number of phenols is 1. The highest BCUT2D eigenvalue weighted by molar-refractivity contribution is 5.86. The summed E-state index contributed by atoms with van der Waals surface area (Å²) in [7, 11) is 1.48. The van der Waals surface area contributed by atoms with Gasteiger partial charge in [-0.1, -0.05) is 12.1 Å². The molecular formula is C12H17N3O3. The smallest absolute Gasteiger partial charge is 0.240 e. The van der Waals surface area contributed by atoms with E-state index in [0.717, 1.165) is 5.56 Å². The largest absolute Gasteiger partial charge is 0.508 e. The Bertz CT molecular complexity index is 431. The minimum Gasteiger partial charge on any atom is -0.508 e. The van der Waals surface area contributed by atoms with Gasteiger partial charge in [0.2, 0.25) is 11.8 Å². The van der Waals surface area contributed by atoms with Crippen molar-refractivity contribution >= 4 is 11.8 Å². The normalized spacial score (nSPS) is 11.9. The maximum absolute atomic E-state index is 11.8. The number of hydrogen-bond acceptors (Lipinski definition) is 4. The summed E-state index contributed by atoms with van der Waals surface area (Å²) in [4.78, 5) is 23.7. The van der Waals surface area contributed by atoms with Crippen LogP contribution in [-0.4, -0.2) is 41.5 Å². The average Bonchev–Trinajstić information content (AvgIpc) is 2.30. The van der Waals surface area contributed by atoms with E-state index in [1.165, 1.54) is 24.1 Å². The van der Waals surface area contributed by atoms with E-state index in [4.69, 9.17) is 16.6 Å². The number of rotatable bonds is 5. The average molecular weight is 251 g/mol. The highest BCUT2D eigenvalue weighted by Crippen LogP contribution is 2.11. The van der Waals surface area contributed by atoms with Crippen LogP contribution in [0.2, 0.25) is 0 Å². The molecule has 18 heavy (non-hydrogen) atoms. The van der Waals surface area contributed by atoms with E-state index in [-0.39, 0.29) is 18.2 Å². The van der Waals surface area contributed by atoms with Gasteiger partial charge < -0.3 is 21.5 Å². The first-order valence-corrected chi connectivity index (χ1v) is 5.47. The summed E-state index contributed by atoms with van der Waals surface area (Å²) in [6.45, 7) is -0.151. The number of nitrogens with two attached hydrogens (primary N) is 2. The van der Waals surface area contributed by atoms with Crippen molar-refractivity contribution in [1.29, 1.82) is 0 Å². The van der Waals surface area contributed by atoms with Crippen molar-refractivity contribution < 1.29 is 14.7 Å². The van der Waals surface area contributed by atoms with Crippen LogP contribution in [0.3, 0.4) is 0 Å². The molecule has 0 spiro atoms. The summed E-state index contributed by atoms with van der Waals surface area (Å²) in [6.07, 6.45) is 0.336. The monoisotopic (exact) mass is 251 g/mol. The van der Waals surface area contributed by atoms with E-state index in [1.54, 1.807) is 12.1 Å². The Kier molecular flexibility index (Phi) is 4.67. The summed E-state index contributed by atoms with van der Waals surface area (Å²) in [6, 6.07) is 5.70. The molecular weight excluding hydrogens is 234 g/mol. The number of benzene rings is 1. The Hall–Kier alpha value is -2.08. The fraction of sp³-hybridized carbons (Fsp3) is 0.333. The molecule has 0 saturated carbocycles. The molecule has 0 aromatic heterocycles. The van der Waals surface area contributed by atoms with Crippen LogP contribution in [0.25, 0.3) is 0 Å². The third-order valence-corrected chi connectivity index (χ3v) is 2.48. The van der Waals surface area contributed by atoms with Crippen LogP contribution in [0, 0.1) is 0 Å². The second-order valence-electron chi connectivity index (χ2n) is 4.14. The SMILES string of the molecule is CN(CC(N)=O)C(=O)[C@@H](N)Cc1ccc(O)cc1. The lowest BCUT2D eigenvalue weighted by atomic mass is 10.1. The molecule has 0 heterocycles. The molecule has 1 aromatic carbocycles. The van der Waals surface area contributed by atoms with Gasteiger partial charge in [0.05, 0.1) is 12.6 Å². The van der Waals surface area contributed by atoms with Crippen LogP contribution in [0.1, 0.15) is 5.56 Å². The van der Waals surface area contributed by atoms with Crippen molar-refractivity contribution in [2.24, 2.45) is 11.5 Å². The predicted molar refractivity (Wildman–Crippen MR) is 66.6 cm³/mol. The molecule has 1 rings (SSSR count). The van der Waals surface area contributed by atoms with Crippen molar-refractivity contribution in [3.05, 3.63) is 29.8 Å². The molecule has 6 heteroatoms. The molecule has 6 nitrogen and oxygen atoms in total. The van der Waals surface area contributed by atoms with E-state index in [9.17, 15) is 9.59 Å². The molecule has 2 amide bonds. The van der Waals surface area contributed by atoms with E-state index in [2.05, 4.69) is 0 Å². The topological polar surface area (TPSA) is 110 Å². The van der Waals surface area contributed by atoms with E-state index in [1.807, 2.05) is 0 Å². The molecule has 0 aliphatic carbocycles. The van der Waals surface area contributed by atoms with Gasteiger partial charge in [0, 0.05) is 7.05 Å². The predicted octanol–water partition coefficient (Wildman–Crippen LogP) is -0.794. The molecule has 5 N–H and O–H groups in total. The van der Waals surface area contributed by atoms with Crippen LogP contribution in [0.4, 0.5) is 0 Å². The lowest BCUT2D eigenvalue weighted by Gasteiger charge is -2.19. The van der Waals surface area contributed by atoms with Gasteiger partial charge in [0.1, 0.15) is 5.75 Å². The number of carbonyl (C=O) groups excluding carboxylic acids is 2. The molecule has 1 atom stereocenters. The summed E-state index contributed by atoms with van der Waals surface area (Å²) in [5.41, 5.74) is 11.6. The first-order chi connectivity index (χ1) is 8.40. The summed E-state index contributed by atoms with van der Waals surface area (Å²) in [5.74, 6) is -0.769. The highest BCUT2D eigenvalue weighted by atomic mass is 16.3. The van der Waals surface area contributed by atoms with Gasteiger partial charge in [-0.15, -0.1) is 0 Å². The molecule has 0 radical (unpaired) electrons. The highest BCUT2D eigenvalue weighted by Gasteiger charge is 2.19. The molecule has 1 aromatic rings. The van der Waals surface area contributed by atoms with Crippen molar-refractivity contribution in [2.45, 2.75) is 12.5 Å². The lowest BCUT2D eigenvalue weighted by Crippen LogP contribution is -2.45. The quantitative estimate of drug-likeness (QED) is 0.636. The number of likely N-dealkylation sites (N-methyl/N-ethyl adjacent to an activating group) is 1. The number of phenolic OH excluding ortho intramolecular Hbond substituents is 1. The molecule has 98 valence electrons. The summed E-state index contributed by atoms with van der Waals surface area (Å²) < 4.78 is 0. The van der Waals surface area contributed by atoms with Crippen molar-refractivity contribution in [2.75, 3.05) is 13.6 Å². The number of hydrogen-bond donors (Lipinski definition) is 3. The second kappa shape index (κ2) is 6.02. The Morgan fingerprint density at radius 2 is 1.89 bits per heavy atom. The van der Waals surface area contributed by atoms with Gasteiger partial charge in [0.25, 0.3) is 0 Å². The van der Waals surface area contributed by atoms with Gasteiger partial charge in [-0.3, -0.25) is 9.59 Å². The molecule has 0 unspecified atom stereocenters. The number of primary amides is 1. The molecule has 0 fully saturated rings. The fourth-order valence-corrected chi connectivity index (χ4v) is 1.57. The zero-order chi connectivity index (χ0) is 13.7. The van der Waals surface area contributed by atoms with Gasteiger partial charge in [-0.2, -0.15) is 0 Å². The fourth-order valence-electron chi connectivity index (χ4n) is 1.57. The Balaban J connectivity index is 2.59. The van der Waals surface area contributed by atoms with Crippen LogP contribution in [0.15, 0.2) is 24.3 Å². The van der Waals surface area contributed by atoms with Crippen LogP contribution < -0.4 is 11.5 Å². The zero-order valence-electron chi connectivity index (χ0n) is 10.2. The van der Waals surface area contributed by atoms with E-state index in [0.29, 0.717) is 6.42 Å². The maximum Gasteiger partial charge on any atom is 0.240 e. The molecule has 0 bridgehead atoms.